The van der Waals surface area contributed by atoms with Crippen LogP contribution in [0.3, 0.4) is 0 Å². The van der Waals surface area contributed by atoms with Gasteiger partial charge in [-0.1, -0.05) is 12.1 Å². The number of phenolic OH excluding ortho intramolecular Hbond substituents is 1. The van der Waals surface area contributed by atoms with Crippen molar-refractivity contribution in [3.05, 3.63) is 58.7 Å². The smallest absolute Gasteiger partial charge is 0.257 e. The van der Waals surface area contributed by atoms with E-state index in [0.29, 0.717) is 17.9 Å². The molecule has 1 amide bonds. The normalized spacial score (nSPS) is 22.2. The largest absolute Gasteiger partial charge is 0.507 e. The van der Waals surface area contributed by atoms with E-state index in [4.69, 9.17) is 4.74 Å². The summed E-state index contributed by atoms with van der Waals surface area (Å²) in [6, 6.07) is 11.5. The Morgan fingerprint density at radius 2 is 1.96 bits per heavy atom. The minimum atomic E-state index is -0.278. The van der Waals surface area contributed by atoms with Crippen LogP contribution in [0.4, 0.5) is 5.69 Å². The molecule has 2 aliphatic rings. The summed E-state index contributed by atoms with van der Waals surface area (Å²) in [7, 11) is 0. The van der Waals surface area contributed by atoms with Crippen LogP contribution in [0.2, 0.25) is 0 Å². The highest BCUT2D eigenvalue weighted by atomic mass is 16.5. The molecule has 1 saturated heterocycles. The van der Waals surface area contributed by atoms with Crippen molar-refractivity contribution in [2.24, 2.45) is 0 Å². The van der Waals surface area contributed by atoms with E-state index in [0.717, 1.165) is 41.8 Å². The third kappa shape index (κ3) is 2.92. The number of benzene rings is 2. The first-order valence-electron chi connectivity index (χ1n) is 9.13. The average molecular weight is 352 g/mol. The Morgan fingerprint density at radius 1 is 1.23 bits per heavy atom. The monoisotopic (exact) mass is 352 g/mol. The number of nitrogens with one attached hydrogen (secondary N) is 1. The van der Waals surface area contributed by atoms with Crippen molar-refractivity contribution in [3.8, 4) is 5.75 Å². The average Bonchev–Trinajstić information content (AvgIpc) is 3.15. The third-order valence-corrected chi connectivity index (χ3v) is 5.28. The summed E-state index contributed by atoms with van der Waals surface area (Å²) in [6.07, 6.45) is 1.82. The highest BCUT2D eigenvalue weighted by Crippen LogP contribution is 2.36. The number of hydrogen-bond donors (Lipinski definition) is 2. The number of rotatable bonds is 3. The van der Waals surface area contributed by atoms with Gasteiger partial charge in [0, 0.05) is 18.8 Å². The number of fused-ring (bicyclic) bond motifs is 1. The Kier molecular flexibility index (Phi) is 4.32. The molecular weight excluding hydrogens is 328 g/mol. The van der Waals surface area contributed by atoms with Crippen molar-refractivity contribution < 1.29 is 14.6 Å². The van der Waals surface area contributed by atoms with E-state index in [9.17, 15) is 9.90 Å². The van der Waals surface area contributed by atoms with Crippen molar-refractivity contribution in [3.63, 3.8) is 0 Å². The quantitative estimate of drug-likeness (QED) is 0.883. The maximum Gasteiger partial charge on any atom is 0.257 e. The zero-order valence-corrected chi connectivity index (χ0v) is 15.2. The Balaban J connectivity index is 1.75. The van der Waals surface area contributed by atoms with E-state index in [1.807, 2.05) is 55.1 Å². The third-order valence-electron chi connectivity index (χ3n) is 5.28. The summed E-state index contributed by atoms with van der Waals surface area (Å²) in [5.41, 5.74) is 4.12. The molecule has 5 nitrogen and oxygen atoms in total. The minimum absolute atomic E-state index is 0.0169. The van der Waals surface area contributed by atoms with Crippen molar-refractivity contribution in [1.29, 1.82) is 0 Å². The van der Waals surface area contributed by atoms with Crippen molar-refractivity contribution >= 4 is 11.6 Å². The van der Waals surface area contributed by atoms with Gasteiger partial charge in [-0.25, -0.2) is 0 Å². The first kappa shape index (κ1) is 16.9. The fourth-order valence-corrected chi connectivity index (χ4v) is 3.90. The lowest BCUT2D eigenvalue weighted by Gasteiger charge is -2.39. The number of carbonyl (C=O) groups is 1. The van der Waals surface area contributed by atoms with Crippen LogP contribution in [0.25, 0.3) is 0 Å². The van der Waals surface area contributed by atoms with Gasteiger partial charge in [0.1, 0.15) is 11.9 Å². The molecule has 2 aliphatic heterocycles. The molecule has 0 saturated carbocycles. The number of aromatic hydroxyl groups is 1. The molecule has 0 aliphatic carbocycles. The predicted molar refractivity (Wildman–Crippen MR) is 100 cm³/mol. The van der Waals surface area contributed by atoms with Gasteiger partial charge >= 0.3 is 0 Å². The topological polar surface area (TPSA) is 61.8 Å². The molecule has 2 aromatic rings. The molecule has 0 bridgehead atoms. The molecule has 1 fully saturated rings. The number of anilines is 1. The van der Waals surface area contributed by atoms with Gasteiger partial charge < -0.3 is 20.1 Å². The summed E-state index contributed by atoms with van der Waals surface area (Å²) < 4.78 is 5.78. The van der Waals surface area contributed by atoms with Gasteiger partial charge in [0.25, 0.3) is 5.91 Å². The summed E-state index contributed by atoms with van der Waals surface area (Å²) in [4.78, 5) is 15.1. The number of phenols is 1. The fourth-order valence-electron chi connectivity index (χ4n) is 3.90. The van der Waals surface area contributed by atoms with Gasteiger partial charge in [-0.15, -0.1) is 0 Å². The number of carbonyl (C=O) groups excluding carboxylic acids is 1. The van der Waals surface area contributed by atoms with Gasteiger partial charge in [-0.05, 0) is 67.6 Å². The van der Waals surface area contributed by atoms with Gasteiger partial charge in [0.05, 0.1) is 11.7 Å². The second kappa shape index (κ2) is 6.65. The summed E-state index contributed by atoms with van der Waals surface area (Å²) >= 11 is 0. The van der Waals surface area contributed by atoms with E-state index in [2.05, 4.69) is 5.32 Å². The fraction of sp³-hybridized carbons (Fsp3) is 0.381. The molecule has 2 N–H and O–H groups in total. The van der Waals surface area contributed by atoms with E-state index in [1.165, 1.54) is 0 Å². The Bertz CT molecular complexity index is 820. The summed E-state index contributed by atoms with van der Waals surface area (Å²) in [6.45, 7) is 5.09. The van der Waals surface area contributed by atoms with Crippen molar-refractivity contribution in [2.75, 3.05) is 18.5 Å². The van der Waals surface area contributed by atoms with Crippen LogP contribution in [0.15, 0.2) is 36.4 Å². The zero-order chi connectivity index (χ0) is 18.3. The zero-order valence-electron chi connectivity index (χ0n) is 15.2. The molecule has 5 heteroatoms. The molecule has 2 atom stereocenters. The molecule has 136 valence electrons. The van der Waals surface area contributed by atoms with Crippen LogP contribution in [0, 0.1) is 13.8 Å². The van der Waals surface area contributed by atoms with Crippen LogP contribution >= 0.6 is 0 Å². The van der Waals surface area contributed by atoms with Gasteiger partial charge in [0.15, 0.2) is 0 Å². The summed E-state index contributed by atoms with van der Waals surface area (Å²) in [5.74, 6) is 0.324. The second-order valence-electron chi connectivity index (χ2n) is 7.19. The first-order valence-corrected chi connectivity index (χ1v) is 9.13. The Morgan fingerprint density at radius 3 is 2.65 bits per heavy atom. The summed E-state index contributed by atoms with van der Waals surface area (Å²) in [5, 5.41) is 13.6. The number of para-hydroxylation sites is 1. The van der Waals surface area contributed by atoms with E-state index >= 15 is 0 Å². The number of aryl methyl sites for hydroxylation is 2. The minimum Gasteiger partial charge on any atom is -0.507 e. The van der Waals surface area contributed by atoms with Crippen LogP contribution in [-0.2, 0) is 4.74 Å². The van der Waals surface area contributed by atoms with Crippen LogP contribution in [0.1, 0.15) is 46.1 Å². The van der Waals surface area contributed by atoms with Crippen LogP contribution in [-0.4, -0.2) is 35.2 Å². The number of hydrogen-bond acceptors (Lipinski definition) is 4. The van der Waals surface area contributed by atoms with Crippen molar-refractivity contribution in [2.45, 2.75) is 39.0 Å². The molecule has 26 heavy (non-hydrogen) atoms. The molecule has 4 rings (SSSR count). The predicted octanol–water partition coefficient (Wildman–Crippen LogP) is 3.75. The number of ether oxygens (including phenoxy) is 1. The van der Waals surface area contributed by atoms with Gasteiger partial charge in [-0.3, -0.25) is 4.79 Å². The van der Waals surface area contributed by atoms with E-state index in [-0.39, 0.29) is 18.2 Å². The SMILES string of the molecule is Cc1cc([C@@H]2Nc3ccccc3C(=O)N2C[C@H]2CCCO2)cc(C)c1O. The molecule has 2 heterocycles. The highest BCUT2D eigenvalue weighted by Gasteiger charge is 2.35. The van der Waals surface area contributed by atoms with Gasteiger partial charge in [0.2, 0.25) is 0 Å². The molecular formula is C21H24N2O3. The lowest BCUT2D eigenvalue weighted by molar-refractivity contribution is 0.0427. The highest BCUT2D eigenvalue weighted by molar-refractivity contribution is 6.01. The van der Waals surface area contributed by atoms with Gasteiger partial charge in [-0.2, -0.15) is 0 Å². The molecule has 0 spiro atoms. The lowest BCUT2D eigenvalue weighted by Crippen LogP contribution is -2.46. The Hall–Kier alpha value is -2.53. The van der Waals surface area contributed by atoms with Crippen LogP contribution in [0.5, 0.6) is 5.75 Å². The maximum atomic E-state index is 13.2. The molecule has 0 radical (unpaired) electrons. The second-order valence-corrected chi connectivity index (χ2v) is 7.19. The maximum absolute atomic E-state index is 13.2. The standard InChI is InChI=1S/C21H24N2O3/c1-13-10-15(11-14(2)19(13)24)20-22-18-8-4-3-7-17(18)21(25)23(20)12-16-6-5-9-26-16/h3-4,7-8,10-11,16,20,22,24H,5-6,9,12H2,1-2H3/t16-,20-/m1/s1. The first-order chi connectivity index (χ1) is 12.5. The van der Waals surface area contributed by atoms with E-state index < -0.39 is 0 Å². The van der Waals surface area contributed by atoms with E-state index in [1.54, 1.807) is 0 Å². The Labute approximate surface area is 153 Å². The number of amides is 1. The molecule has 2 aromatic carbocycles. The van der Waals surface area contributed by atoms with Crippen LogP contribution < -0.4 is 5.32 Å². The molecule has 0 unspecified atom stereocenters. The molecule has 0 aromatic heterocycles. The lowest BCUT2D eigenvalue weighted by atomic mass is 9.99. The van der Waals surface area contributed by atoms with Crippen molar-refractivity contribution in [1.82, 2.24) is 4.90 Å². The number of nitrogens with zero attached hydrogens (tertiary/aromatic N) is 1.